The molecule has 1 aliphatic rings. The number of hydrogen-bond donors (Lipinski definition) is 0. The largest absolute Gasteiger partial charge is 0.459 e. The molecule has 0 aliphatic carbocycles. The summed E-state index contributed by atoms with van der Waals surface area (Å²) in [6.07, 6.45) is -4.39. The van der Waals surface area contributed by atoms with E-state index in [1.807, 2.05) is 30.3 Å². The van der Waals surface area contributed by atoms with Crippen LogP contribution in [-0.4, -0.2) is 49.1 Å². The van der Waals surface area contributed by atoms with Gasteiger partial charge in [-0.05, 0) is 42.0 Å². The van der Waals surface area contributed by atoms with Gasteiger partial charge >= 0.3 is 17.9 Å². The summed E-state index contributed by atoms with van der Waals surface area (Å²) in [7, 11) is 0. The summed E-state index contributed by atoms with van der Waals surface area (Å²) in [5.74, 6) is -1.87. The van der Waals surface area contributed by atoms with Gasteiger partial charge in [-0.25, -0.2) is 14.4 Å². The highest BCUT2D eigenvalue weighted by Crippen LogP contribution is 2.30. The third-order valence-electron chi connectivity index (χ3n) is 6.42. The topological polar surface area (TPSA) is 97.4 Å². The Morgan fingerprint density at radius 1 is 0.561 bits per heavy atom. The second-order valence-corrected chi connectivity index (χ2v) is 9.28. The van der Waals surface area contributed by atoms with Crippen molar-refractivity contribution in [1.29, 1.82) is 0 Å². The molecule has 0 radical (unpaired) electrons. The van der Waals surface area contributed by atoms with Crippen LogP contribution in [0.1, 0.15) is 36.6 Å². The molecule has 1 heterocycles. The van der Waals surface area contributed by atoms with Crippen LogP contribution in [0.4, 0.5) is 0 Å². The summed E-state index contributed by atoms with van der Waals surface area (Å²) >= 11 is 0. The molecule has 1 saturated heterocycles. The van der Waals surface area contributed by atoms with Gasteiger partial charge in [-0.2, -0.15) is 0 Å². The van der Waals surface area contributed by atoms with Gasteiger partial charge in [-0.3, -0.25) is 0 Å². The molecule has 0 bridgehead atoms. The van der Waals surface area contributed by atoms with Crippen molar-refractivity contribution in [2.75, 3.05) is 6.61 Å². The highest BCUT2D eigenvalue weighted by atomic mass is 16.7. The molecule has 208 valence electrons. The zero-order valence-electron chi connectivity index (χ0n) is 22.0. The Morgan fingerprint density at radius 2 is 1.00 bits per heavy atom. The van der Waals surface area contributed by atoms with Crippen LogP contribution >= 0.6 is 0 Å². The molecular formula is C33H28O8. The molecule has 0 amide bonds. The number of carbonyl (C=O) groups excluding carboxylic acids is 3. The lowest BCUT2D eigenvalue weighted by Gasteiger charge is -2.24. The number of hydrogen-bond acceptors (Lipinski definition) is 8. The van der Waals surface area contributed by atoms with E-state index in [9.17, 15) is 14.4 Å². The van der Waals surface area contributed by atoms with E-state index in [0.717, 1.165) is 5.56 Å². The fourth-order valence-electron chi connectivity index (χ4n) is 4.33. The van der Waals surface area contributed by atoms with E-state index in [2.05, 4.69) is 0 Å². The molecule has 1 fully saturated rings. The molecule has 0 aromatic heterocycles. The Hall–Kier alpha value is -4.79. The lowest BCUT2D eigenvalue weighted by Crippen LogP contribution is -2.42. The second-order valence-electron chi connectivity index (χ2n) is 9.28. The van der Waals surface area contributed by atoms with Gasteiger partial charge < -0.3 is 23.7 Å². The predicted octanol–water partition coefficient (Wildman–Crippen LogP) is 5.24. The van der Waals surface area contributed by atoms with E-state index in [0.29, 0.717) is 16.7 Å². The molecule has 4 unspecified atom stereocenters. The number of rotatable bonds is 10. The molecule has 0 N–H and O–H groups in total. The lowest BCUT2D eigenvalue weighted by atomic mass is 10.1. The van der Waals surface area contributed by atoms with Crippen LogP contribution in [-0.2, 0) is 30.3 Å². The number of esters is 3. The van der Waals surface area contributed by atoms with Crippen molar-refractivity contribution in [1.82, 2.24) is 0 Å². The Labute approximate surface area is 237 Å². The summed E-state index contributed by atoms with van der Waals surface area (Å²) in [5.41, 5.74) is 1.82. The monoisotopic (exact) mass is 552 g/mol. The summed E-state index contributed by atoms with van der Waals surface area (Å²) in [6.45, 7) is -0.133. The molecule has 4 atom stereocenters. The Kier molecular flexibility index (Phi) is 9.15. The molecule has 4 aromatic carbocycles. The maximum Gasteiger partial charge on any atom is 0.338 e. The fraction of sp³-hybridized carbons (Fsp3) is 0.182. The molecule has 4 aromatic rings. The standard InChI is InChI=1S/C33H28O8/c34-30(24-15-7-2-8-16-24)37-22-27-28(40-31(35)25-17-9-3-10-18-25)29(41-32(36)26-19-11-4-12-20-26)33(39-27)38-21-23-13-5-1-6-14-23/h1-20,27-29,33H,21-22H2. The van der Waals surface area contributed by atoms with Gasteiger partial charge in [0.25, 0.3) is 0 Å². The van der Waals surface area contributed by atoms with Crippen molar-refractivity contribution in [2.45, 2.75) is 31.2 Å². The zero-order chi connectivity index (χ0) is 28.4. The number of ether oxygens (including phenoxy) is 5. The van der Waals surface area contributed by atoms with E-state index >= 15 is 0 Å². The first kappa shape index (κ1) is 27.8. The van der Waals surface area contributed by atoms with Crippen LogP contribution in [0, 0.1) is 0 Å². The third kappa shape index (κ3) is 7.25. The van der Waals surface area contributed by atoms with E-state index in [1.54, 1.807) is 91.0 Å². The molecular weight excluding hydrogens is 524 g/mol. The van der Waals surface area contributed by atoms with Gasteiger partial charge in [-0.15, -0.1) is 0 Å². The van der Waals surface area contributed by atoms with Crippen molar-refractivity contribution < 1.29 is 38.1 Å². The first-order valence-corrected chi connectivity index (χ1v) is 13.1. The minimum atomic E-state index is -1.15. The molecule has 0 saturated carbocycles. The summed E-state index contributed by atoms with van der Waals surface area (Å²) in [5, 5.41) is 0. The molecule has 8 nitrogen and oxygen atoms in total. The van der Waals surface area contributed by atoms with Crippen LogP contribution < -0.4 is 0 Å². The molecule has 1 aliphatic heterocycles. The quantitative estimate of drug-likeness (QED) is 0.195. The fourth-order valence-corrected chi connectivity index (χ4v) is 4.33. The summed E-state index contributed by atoms with van der Waals surface area (Å²) < 4.78 is 29.4. The molecule has 41 heavy (non-hydrogen) atoms. The van der Waals surface area contributed by atoms with Crippen molar-refractivity contribution >= 4 is 17.9 Å². The van der Waals surface area contributed by atoms with Crippen molar-refractivity contribution in [2.24, 2.45) is 0 Å². The molecule has 0 spiro atoms. The highest BCUT2D eigenvalue weighted by Gasteiger charge is 2.51. The van der Waals surface area contributed by atoms with E-state index in [4.69, 9.17) is 23.7 Å². The minimum Gasteiger partial charge on any atom is -0.459 e. The summed E-state index contributed by atoms with van der Waals surface area (Å²) in [6, 6.07) is 34.7. The van der Waals surface area contributed by atoms with Gasteiger partial charge in [0.1, 0.15) is 12.7 Å². The second kappa shape index (κ2) is 13.5. The number of benzene rings is 4. The maximum absolute atomic E-state index is 13.1. The van der Waals surface area contributed by atoms with E-state index in [1.165, 1.54) is 0 Å². The Balaban J connectivity index is 1.40. The Morgan fingerprint density at radius 3 is 1.51 bits per heavy atom. The van der Waals surface area contributed by atoms with E-state index in [-0.39, 0.29) is 13.2 Å². The average molecular weight is 553 g/mol. The Bertz CT molecular complexity index is 1430. The minimum absolute atomic E-state index is 0.140. The molecule has 5 rings (SSSR count). The van der Waals surface area contributed by atoms with Crippen LogP contribution in [0.25, 0.3) is 0 Å². The first-order valence-electron chi connectivity index (χ1n) is 13.1. The molecule has 8 heteroatoms. The third-order valence-corrected chi connectivity index (χ3v) is 6.42. The van der Waals surface area contributed by atoms with Crippen molar-refractivity contribution in [3.8, 4) is 0 Å². The van der Waals surface area contributed by atoms with Gasteiger partial charge in [0.15, 0.2) is 18.5 Å². The smallest absolute Gasteiger partial charge is 0.338 e. The average Bonchev–Trinajstić information content (AvgIpc) is 3.35. The van der Waals surface area contributed by atoms with Crippen LogP contribution in [0.3, 0.4) is 0 Å². The normalized spacial score (nSPS) is 19.7. The van der Waals surface area contributed by atoms with Gasteiger partial charge in [0.05, 0.1) is 23.3 Å². The van der Waals surface area contributed by atoms with Crippen LogP contribution in [0.15, 0.2) is 121 Å². The van der Waals surface area contributed by atoms with Gasteiger partial charge in [0.2, 0.25) is 0 Å². The first-order chi connectivity index (χ1) is 20.1. The SMILES string of the molecule is O=C(OCC1OC(OCc2ccccc2)C(OC(=O)c2ccccc2)C1OC(=O)c1ccccc1)c1ccccc1. The van der Waals surface area contributed by atoms with Crippen molar-refractivity contribution in [3.63, 3.8) is 0 Å². The maximum atomic E-state index is 13.1. The lowest BCUT2D eigenvalue weighted by molar-refractivity contribution is -0.176. The number of carbonyl (C=O) groups is 3. The van der Waals surface area contributed by atoms with Gasteiger partial charge in [-0.1, -0.05) is 84.9 Å². The van der Waals surface area contributed by atoms with Crippen LogP contribution in [0.2, 0.25) is 0 Å². The van der Waals surface area contributed by atoms with Gasteiger partial charge in [0, 0.05) is 0 Å². The van der Waals surface area contributed by atoms with Crippen molar-refractivity contribution in [3.05, 3.63) is 144 Å². The summed E-state index contributed by atoms with van der Waals surface area (Å²) in [4.78, 5) is 38.9. The van der Waals surface area contributed by atoms with Crippen LogP contribution in [0.5, 0.6) is 0 Å². The zero-order valence-corrected chi connectivity index (χ0v) is 22.0. The van der Waals surface area contributed by atoms with E-state index < -0.39 is 42.5 Å². The highest BCUT2D eigenvalue weighted by molar-refractivity contribution is 5.91. The predicted molar refractivity (Wildman–Crippen MR) is 148 cm³/mol.